The molecule has 0 radical (unpaired) electrons. The number of nitro benzene ring substituents is 1. The number of hydrogen-bond acceptors (Lipinski definition) is 6. The molecule has 1 aromatic carbocycles. The third-order valence-corrected chi connectivity index (χ3v) is 2.42. The van der Waals surface area contributed by atoms with Gasteiger partial charge in [-0.3, -0.25) is 14.9 Å². The molecule has 0 aliphatic carbocycles. The fraction of sp³-hybridized carbons (Fsp3) is 0.0833. The second kappa shape index (κ2) is 5.74. The van der Waals surface area contributed by atoms with E-state index in [0.29, 0.717) is 11.6 Å². The molecule has 1 heterocycles. The van der Waals surface area contributed by atoms with Crippen LogP contribution in [0.2, 0.25) is 0 Å². The number of ether oxygens (including phenoxy) is 1. The monoisotopic (exact) mass is 274 g/mol. The molecule has 0 bridgehead atoms. The number of methoxy groups -OCH3 is 1. The Balaban J connectivity index is 2.08. The van der Waals surface area contributed by atoms with Gasteiger partial charge < -0.3 is 10.1 Å². The molecule has 102 valence electrons. The number of nitrogens with one attached hydrogen (secondary N) is 1. The zero-order chi connectivity index (χ0) is 14.5. The summed E-state index contributed by atoms with van der Waals surface area (Å²) in [6.07, 6.45) is 0. The van der Waals surface area contributed by atoms with E-state index in [2.05, 4.69) is 15.5 Å². The Morgan fingerprint density at radius 1 is 1.20 bits per heavy atom. The maximum Gasteiger partial charge on any atom is 0.276 e. The van der Waals surface area contributed by atoms with Gasteiger partial charge in [-0.1, -0.05) is 0 Å². The highest BCUT2D eigenvalue weighted by molar-refractivity contribution is 6.02. The first kappa shape index (κ1) is 13.4. The molecule has 8 heteroatoms. The van der Waals surface area contributed by atoms with Gasteiger partial charge in [0.1, 0.15) is 0 Å². The molecule has 0 atom stereocenters. The van der Waals surface area contributed by atoms with Crippen LogP contribution in [-0.2, 0) is 0 Å². The molecule has 0 saturated carbocycles. The summed E-state index contributed by atoms with van der Waals surface area (Å²) in [5.41, 5.74) is 0.495. The van der Waals surface area contributed by atoms with Gasteiger partial charge >= 0.3 is 0 Å². The molecule has 0 aliphatic heterocycles. The van der Waals surface area contributed by atoms with Crippen LogP contribution in [0, 0.1) is 10.1 Å². The zero-order valence-electron chi connectivity index (χ0n) is 10.4. The van der Waals surface area contributed by atoms with Crippen molar-refractivity contribution in [2.75, 3.05) is 12.4 Å². The van der Waals surface area contributed by atoms with E-state index in [-0.39, 0.29) is 11.4 Å². The topological polar surface area (TPSA) is 107 Å². The molecule has 0 saturated heterocycles. The van der Waals surface area contributed by atoms with Crippen molar-refractivity contribution >= 4 is 17.3 Å². The summed E-state index contributed by atoms with van der Waals surface area (Å²) in [7, 11) is 1.45. The van der Waals surface area contributed by atoms with Crippen molar-refractivity contribution in [3.8, 4) is 5.88 Å². The van der Waals surface area contributed by atoms with Gasteiger partial charge in [0.05, 0.1) is 12.0 Å². The lowest BCUT2D eigenvalue weighted by molar-refractivity contribution is -0.384. The Morgan fingerprint density at radius 2 is 1.90 bits per heavy atom. The number of non-ortho nitro benzene ring substituents is 1. The average Bonchev–Trinajstić information content (AvgIpc) is 2.48. The van der Waals surface area contributed by atoms with Crippen molar-refractivity contribution in [3.05, 3.63) is 52.2 Å². The van der Waals surface area contributed by atoms with Crippen molar-refractivity contribution in [2.24, 2.45) is 0 Å². The second-order valence-electron chi connectivity index (χ2n) is 3.72. The summed E-state index contributed by atoms with van der Waals surface area (Å²) in [5, 5.41) is 20.4. The number of benzene rings is 1. The van der Waals surface area contributed by atoms with E-state index in [9.17, 15) is 14.9 Å². The fourth-order valence-corrected chi connectivity index (χ4v) is 1.41. The van der Waals surface area contributed by atoms with Crippen LogP contribution in [0.4, 0.5) is 11.4 Å². The van der Waals surface area contributed by atoms with E-state index in [1.54, 1.807) is 0 Å². The number of carbonyl (C=O) groups excluding carboxylic acids is 1. The van der Waals surface area contributed by atoms with E-state index in [4.69, 9.17) is 4.74 Å². The molecule has 0 aliphatic rings. The first-order chi connectivity index (χ1) is 9.60. The van der Waals surface area contributed by atoms with Gasteiger partial charge in [-0.25, -0.2) is 0 Å². The van der Waals surface area contributed by atoms with Crippen LogP contribution >= 0.6 is 0 Å². The van der Waals surface area contributed by atoms with Gasteiger partial charge in [-0.2, -0.15) is 0 Å². The van der Waals surface area contributed by atoms with E-state index in [0.717, 1.165) is 0 Å². The van der Waals surface area contributed by atoms with E-state index < -0.39 is 10.8 Å². The molecule has 1 aromatic heterocycles. The highest BCUT2D eigenvalue weighted by atomic mass is 16.6. The van der Waals surface area contributed by atoms with Crippen LogP contribution in [0.25, 0.3) is 0 Å². The summed E-state index contributed by atoms with van der Waals surface area (Å²) >= 11 is 0. The third kappa shape index (κ3) is 3.05. The molecule has 1 amide bonds. The standard InChI is InChI=1S/C12H10N4O4/c1-20-11-7-6-10(14-15-11)12(17)13-8-2-4-9(5-3-8)16(18)19/h2-7H,1H3,(H,13,17). The lowest BCUT2D eigenvalue weighted by Gasteiger charge is -2.04. The van der Waals surface area contributed by atoms with Crippen LogP contribution in [-0.4, -0.2) is 28.1 Å². The predicted octanol–water partition coefficient (Wildman–Crippen LogP) is 1.65. The smallest absolute Gasteiger partial charge is 0.276 e. The summed E-state index contributed by atoms with van der Waals surface area (Å²) in [6, 6.07) is 8.45. The number of anilines is 1. The van der Waals surface area contributed by atoms with E-state index in [1.165, 1.54) is 43.5 Å². The highest BCUT2D eigenvalue weighted by Gasteiger charge is 2.10. The molecule has 2 rings (SSSR count). The molecule has 0 unspecified atom stereocenters. The van der Waals surface area contributed by atoms with Gasteiger partial charge in [-0.05, 0) is 18.2 Å². The van der Waals surface area contributed by atoms with Crippen molar-refractivity contribution in [3.63, 3.8) is 0 Å². The van der Waals surface area contributed by atoms with Crippen LogP contribution in [0.15, 0.2) is 36.4 Å². The summed E-state index contributed by atoms with van der Waals surface area (Å²) < 4.78 is 4.83. The van der Waals surface area contributed by atoms with Crippen molar-refractivity contribution in [2.45, 2.75) is 0 Å². The molecule has 20 heavy (non-hydrogen) atoms. The molecule has 2 aromatic rings. The number of amides is 1. The van der Waals surface area contributed by atoms with E-state index >= 15 is 0 Å². The number of aromatic nitrogens is 2. The van der Waals surface area contributed by atoms with Gasteiger partial charge in [0, 0.05) is 23.9 Å². The number of nitro groups is 1. The minimum absolute atomic E-state index is 0.0489. The van der Waals surface area contributed by atoms with Crippen LogP contribution < -0.4 is 10.1 Å². The van der Waals surface area contributed by atoms with Crippen LogP contribution in [0.1, 0.15) is 10.5 Å². The summed E-state index contributed by atoms with van der Waals surface area (Å²) in [5.74, 6) is -0.161. The van der Waals surface area contributed by atoms with Gasteiger partial charge in [0.25, 0.3) is 11.6 Å². The lowest BCUT2D eigenvalue weighted by atomic mass is 10.2. The summed E-state index contributed by atoms with van der Waals surface area (Å²) in [6.45, 7) is 0. The van der Waals surface area contributed by atoms with Gasteiger partial charge in [0.2, 0.25) is 5.88 Å². The van der Waals surface area contributed by atoms with E-state index in [1.807, 2.05) is 0 Å². The van der Waals surface area contributed by atoms with Crippen LogP contribution in [0.3, 0.4) is 0 Å². The Bertz CT molecular complexity index is 625. The Hall–Kier alpha value is -3.03. The SMILES string of the molecule is COc1ccc(C(=O)Nc2ccc([N+](=O)[O-])cc2)nn1. The minimum Gasteiger partial charge on any atom is -0.480 e. The van der Waals surface area contributed by atoms with Gasteiger partial charge in [-0.15, -0.1) is 10.2 Å². The second-order valence-corrected chi connectivity index (χ2v) is 3.72. The summed E-state index contributed by atoms with van der Waals surface area (Å²) in [4.78, 5) is 21.8. The average molecular weight is 274 g/mol. The quantitative estimate of drug-likeness (QED) is 0.670. The fourth-order valence-electron chi connectivity index (χ4n) is 1.41. The molecule has 1 N–H and O–H groups in total. The number of rotatable bonds is 4. The molecule has 0 spiro atoms. The highest BCUT2D eigenvalue weighted by Crippen LogP contribution is 2.16. The number of carbonyl (C=O) groups is 1. The predicted molar refractivity (Wildman–Crippen MR) is 69.6 cm³/mol. The Morgan fingerprint density at radius 3 is 2.40 bits per heavy atom. The molecule has 0 fully saturated rings. The molecular weight excluding hydrogens is 264 g/mol. The van der Waals surface area contributed by atoms with Gasteiger partial charge in [0.15, 0.2) is 5.69 Å². The minimum atomic E-state index is -0.513. The van der Waals surface area contributed by atoms with Crippen molar-refractivity contribution in [1.29, 1.82) is 0 Å². The Kier molecular flexibility index (Phi) is 3.85. The van der Waals surface area contributed by atoms with Crippen LogP contribution in [0.5, 0.6) is 5.88 Å². The zero-order valence-corrected chi connectivity index (χ0v) is 10.4. The largest absolute Gasteiger partial charge is 0.480 e. The number of hydrogen-bond donors (Lipinski definition) is 1. The maximum absolute atomic E-state index is 11.8. The first-order valence-corrected chi connectivity index (χ1v) is 5.53. The first-order valence-electron chi connectivity index (χ1n) is 5.53. The molecular formula is C12H10N4O4. The number of nitrogens with zero attached hydrogens (tertiary/aromatic N) is 3. The van der Waals surface area contributed by atoms with Crippen molar-refractivity contribution in [1.82, 2.24) is 10.2 Å². The normalized spacial score (nSPS) is 9.85. The Labute approximate surface area is 113 Å². The molecule has 8 nitrogen and oxygen atoms in total. The van der Waals surface area contributed by atoms with Crippen molar-refractivity contribution < 1.29 is 14.5 Å². The lowest BCUT2D eigenvalue weighted by Crippen LogP contribution is -2.14. The maximum atomic E-state index is 11.8. The third-order valence-electron chi connectivity index (χ3n) is 2.42.